The van der Waals surface area contributed by atoms with Crippen LogP contribution in [0.15, 0.2) is 24.3 Å². The van der Waals surface area contributed by atoms with Crippen molar-refractivity contribution >= 4 is 5.91 Å². The van der Waals surface area contributed by atoms with Gasteiger partial charge in [0, 0.05) is 18.2 Å². The highest BCUT2D eigenvalue weighted by Gasteiger charge is 2.24. The van der Waals surface area contributed by atoms with Crippen molar-refractivity contribution in [1.82, 2.24) is 10.2 Å². The van der Waals surface area contributed by atoms with Crippen LogP contribution in [0.4, 0.5) is 0 Å². The summed E-state index contributed by atoms with van der Waals surface area (Å²) in [5.41, 5.74) is 0.965. The van der Waals surface area contributed by atoms with Crippen molar-refractivity contribution in [2.75, 3.05) is 26.7 Å². The molecule has 1 aliphatic rings. The van der Waals surface area contributed by atoms with E-state index in [1.165, 1.54) is 0 Å². The van der Waals surface area contributed by atoms with E-state index in [9.17, 15) is 4.79 Å². The summed E-state index contributed by atoms with van der Waals surface area (Å²) in [4.78, 5) is 14.6. The summed E-state index contributed by atoms with van der Waals surface area (Å²) in [6, 6.07) is 8.13. The zero-order valence-corrected chi connectivity index (χ0v) is 12.4. The molecule has 20 heavy (non-hydrogen) atoms. The maximum atomic E-state index is 12.6. The Morgan fingerprint density at radius 1 is 1.35 bits per heavy atom. The van der Waals surface area contributed by atoms with Crippen LogP contribution in [0.5, 0.6) is 5.75 Å². The van der Waals surface area contributed by atoms with Gasteiger partial charge in [0.05, 0.1) is 13.5 Å². The first-order chi connectivity index (χ1) is 9.76. The molecule has 4 nitrogen and oxygen atoms in total. The van der Waals surface area contributed by atoms with Crippen LogP contribution in [-0.2, 0) is 11.2 Å². The molecule has 0 bridgehead atoms. The number of amides is 1. The molecule has 1 aromatic carbocycles. The lowest BCUT2D eigenvalue weighted by Gasteiger charge is -2.34. The van der Waals surface area contributed by atoms with Crippen LogP contribution in [-0.4, -0.2) is 43.6 Å². The van der Waals surface area contributed by atoms with Crippen molar-refractivity contribution in [3.63, 3.8) is 0 Å². The number of hydrogen-bond acceptors (Lipinski definition) is 3. The number of carbonyl (C=O) groups excluding carboxylic acids is 1. The number of hydrogen-bond donors (Lipinski definition) is 1. The Hall–Kier alpha value is -1.55. The number of methoxy groups -OCH3 is 1. The number of nitrogens with one attached hydrogen (secondary N) is 1. The zero-order valence-electron chi connectivity index (χ0n) is 12.4. The lowest BCUT2D eigenvalue weighted by Crippen LogP contribution is -2.46. The van der Waals surface area contributed by atoms with Gasteiger partial charge in [0.1, 0.15) is 5.75 Å². The number of carbonyl (C=O) groups is 1. The predicted octanol–water partition coefficient (Wildman–Crippen LogP) is 1.84. The molecule has 1 aromatic rings. The monoisotopic (exact) mass is 276 g/mol. The molecule has 110 valence electrons. The minimum Gasteiger partial charge on any atom is -0.496 e. The van der Waals surface area contributed by atoms with E-state index in [1.54, 1.807) is 7.11 Å². The molecular weight excluding hydrogens is 252 g/mol. The van der Waals surface area contributed by atoms with Crippen LogP contribution < -0.4 is 10.1 Å². The summed E-state index contributed by atoms with van der Waals surface area (Å²) in [6.45, 7) is 4.84. The van der Waals surface area contributed by atoms with E-state index in [2.05, 4.69) is 12.2 Å². The van der Waals surface area contributed by atoms with Crippen molar-refractivity contribution in [2.45, 2.75) is 32.2 Å². The lowest BCUT2D eigenvalue weighted by atomic mass is 10.0. The maximum absolute atomic E-state index is 12.6. The van der Waals surface area contributed by atoms with Crippen molar-refractivity contribution in [3.05, 3.63) is 29.8 Å². The molecule has 2 rings (SSSR count). The van der Waals surface area contributed by atoms with Crippen LogP contribution in [0.25, 0.3) is 0 Å². The van der Waals surface area contributed by atoms with E-state index in [-0.39, 0.29) is 5.91 Å². The summed E-state index contributed by atoms with van der Waals surface area (Å²) < 4.78 is 5.32. The van der Waals surface area contributed by atoms with Gasteiger partial charge in [0.2, 0.25) is 5.91 Å². The fraction of sp³-hybridized carbons (Fsp3) is 0.562. The largest absolute Gasteiger partial charge is 0.496 e. The third kappa shape index (κ3) is 3.51. The number of piperidine rings is 1. The maximum Gasteiger partial charge on any atom is 0.227 e. The topological polar surface area (TPSA) is 41.6 Å². The number of likely N-dealkylation sites (N-methyl/N-ethyl adjacent to an activating group) is 1. The molecule has 0 spiro atoms. The standard InChI is InChI=1S/C16H24N2O2/c1-3-18(14-8-10-17-11-9-14)16(19)12-13-6-4-5-7-15(13)20-2/h4-7,14,17H,3,8-12H2,1-2H3. The Kier molecular flexibility index (Phi) is 5.41. The molecule has 0 unspecified atom stereocenters. The smallest absolute Gasteiger partial charge is 0.227 e. The Morgan fingerprint density at radius 3 is 2.70 bits per heavy atom. The number of benzene rings is 1. The highest BCUT2D eigenvalue weighted by molar-refractivity contribution is 5.79. The molecule has 0 aliphatic carbocycles. The van der Waals surface area contributed by atoms with E-state index in [1.807, 2.05) is 29.2 Å². The van der Waals surface area contributed by atoms with E-state index in [0.29, 0.717) is 12.5 Å². The van der Waals surface area contributed by atoms with Gasteiger partial charge >= 0.3 is 0 Å². The van der Waals surface area contributed by atoms with Crippen LogP contribution in [0.1, 0.15) is 25.3 Å². The average Bonchev–Trinajstić information content (AvgIpc) is 2.49. The van der Waals surface area contributed by atoms with Gasteiger partial charge in [-0.1, -0.05) is 18.2 Å². The second-order valence-corrected chi connectivity index (χ2v) is 5.15. The lowest BCUT2D eigenvalue weighted by molar-refractivity contribution is -0.133. The molecule has 1 amide bonds. The van der Waals surface area contributed by atoms with Gasteiger partial charge in [-0.3, -0.25) is 4.79 Å². The molecule has 1 heterocycles. The molecule has 1 N–H and O–H groups in total. The van der Waals surface area contributed by atoms with Gasteiger partial charge in [-0.05, 0) is 38.9 Å². The van der Waals surface area contributed by atoms with Crippen molar-refractivity contribution < 1.29 is 9.53 Å². The Morgan fingerprint density at radius 2 is 2.05 bits per heavy atom. The Bertz CT molecular complexity index is 442. The zero-order chi connectivity index (χ0) is 14.4. The highest BCUT2D eigenvalue weighted by Crippen LogP contribution is 2.20. The van der Waals surface area contributed by atoms with Gasteiger partial charge in [0.25, 0.3) is 0 Å². The Labute approximate surface area is 121 Å². The molecule has 1 saturated heterocycles. The summed E-state index contributed by atoms with van der Waals surface area (Å²) >= 11 is 0. The number of nitrogens with zero attached hydrogens (tertiary/aromatic N) is 1. The van der Waals surface area contributed by atoms with E-state index < -0.39 is 0 Å². The minimum absolute atomic E-state index is 0.198. The predicted molar refractivity (Wildman–Crippen MR) is 80.0 cm³/mol. The normalized spacial score (nSPS) is 15.9. The average molecular weight is 276 g/mol. The highest BCUT2D eigenvalue weighted by atomic mass is 16.5. The molecule has 0 aromatic heterocycles. The summed E-state index contributed by atoms with van der Waals surface area (Å²) in [6.07, 6.45) is 2.51. The molecule has 0 atom stereocenters. The van der Waals surface area contributed by atoms with Crippen LogP contribution in [0.3, 0.4) is 0 Å². The van der Waals surface area contributed by atoms with Gasteiger partial charge in [-0.15, -0.1) is 0 Å². The first kappa shape index (κ1) is 14.9. The van der Waals surface area contributed by atoms with Crippen LogP contribution in [0.2, 0.25) is 0 Å². The fourth-order valence-corrected chi connectivity index (χ4v) is 2.87. The first-order valence-electron chi connectivity index (χ1n) is 7.38. The molecule has 0 radical (unpaired) electrons. The van der Waals surface area contributed by atoms with Crippen LogP contribution >= 0.6 is 0 Å². The summed E-state index contributed by atoms with van der Waals surface area (Å²) in [5, 5.41) is 3.34. The second-order valence-electron chi connectivity index (χ2n) is 5.15. The van der Waals surface area contributed by atoms with Gasteiger partial charge in [-0.25, -0.2) is 0 Å². The summed E-state index contributed by atoms with van der Waals surface area (Å²) in [5.74, 6) is 0.992. The van der Waals surface area contributed by atoms with Gasteiger partial charge in [0.15, 0.2) is 0 Å². The third-order valence-electron chi connectivity index (χ3n) is 3.94. The van der Waals surface area contributed by atoms with Crippen LogP contribution in [0, 0.1) is 0 Å². The van der Waals surface area contributed by atoms with E-state index >= 15 is 0 Å². The van der Waals surface area contributed by atoms with E-state index in [0.717, 1.165) is 43.8 Å². The second kappa shape index (κ2) is 7.29. The minimum atomic E-state index is 0.198. The summed E-state index contributed by atoms with van der Waals surface area (Å²) in [7, 11) is 1.65. The van der Waals surface area contributed by atoms with Crippen molar-refractivity contribution in [2.24, 2.45) is 0 Å². The number of ether oxygens (including phenoxy) is 1. The molecule has 4 heteroatoms. The number of para-hydroxylation sites is 1. The molecule has 1 aliphatic heterocycles. The van der Waals surface area contributed by atoms with Gasteiger partial charge in [-0.2, -0.15) is 0 Å². The number of rotatable bonds is 5. The van der Waals surface area contributed by atoms with Gasteiger partial charge < -0.3 is 15.0 Å². The first-order valence-corrected chi connectivity index (χ1v) is 7.38. The van der Waals surface area contributed by atoms with Crippen molar-refractivity contribution in [1.29, 1.82) is 0 Å². The molecule has 1 fully saturated rings. The SMILES string of the molecule is CCN(C(=O)Cc1ccccc1OC)C1CCNCC1. The fourth-order valence-electron chi connectivity index (χ4n) is 2.87. The van der Waals surface area contributed by atoms with E-state index in [4.69, 9.17) is 4.74 Å². The molecule has 0 saturated carbocycles. The third-order valence-corrected chi connectivity index (χ3v) is 3.94. The van der Waals surface area contributed by atoms with Crippen molar-refractivity contribution in [3.8, 4) is 5.75 Å². The Balaban J connectivity index is 2.05. The molecular formula is C16H24N2O2. The quantitative estimate of drug-likeness (QED) is 0.892.